The third-order valence-electron chi connectivity index (χ3n) is 4.50. The van der Waals surface area contributed by atoms with Crippen molar-refractivity contribution in [1.29, 1.82) is 0 Å². The van der Waals surface area contributed by atoms with Crippen molar-refractivity contribution in [3.63, 3.8) is 0 Å². The SMILES string of the molecule is CNC1(CC(=O)c2cc(C)ccc2OC)CCCCC1. The van der Waals surface area contributed by atoms with Crippen molar-refractivity contribution in [2.45, 2.75) is 51.0 Å². The van der Waals surface area contributed by atoms with Gasteiger partial charge in [0, 0.05) is 12.0 Å². The predicted molar refractivity (Wildman–Crippen MR) is 81.6 cm³/mol. The molecule has 0 amide bonds. The summed E-state index contributed by atoms with van der Waals surface area (Å²) in [5.74, 6) is 0.865. The lowest BCUT2D eigenvalue weighted by atomic mass is 9.77. The van der Waals surface area contributed by atoms with Crippen LogP contribution in [0, 0.1) is 6.92 Å². The molecule has 110 valence electrons. The van der Waals surface area contributed by atoms with Crippen LogP contribution in [0.2, 0.25) is 0 Å². The first-order chi connectivity index (χ1) is 9.60. The van der Waals surface area contributed by atoms with Crippen LogP contribution in [0.3, 0.4) is 0 Å². The Labute approximate surface area is 121 Å². The summed E-state index contributed by atoms with van der Waals surface area (Å²) < 4.78 is 5.34. The fraction of sp³-hybridized carbons (Fsp3) is 0.588. The van der Waals surface area contributed by atoms with Crippen LogP contribution < -0.4 is 10.1 Å². The van der Waals surface area contributed by atoms with Gasteiger partial charge in [0.25, 0.3) is 0 Å². The van der Waals surface area contributed by atoms with Gasteiger partial charge in [0.15, 0.2) is 5.78 Å². The molecule has 0 aliphatic heterocycles. The number of aryl methyl sites for hydroxylation is 1. The Morgan fingerprint density at radius 3 is 2.60 bits per heavy atom. The number of ether oxygens (including phenoxy) is 1. The van der Waals surface area contributed by atoms with E-state index in [1.165, 1.54) is 19.3 Å². The number of rotatable bonds is 5. The number of carbonyl (C=O) groups excluding carboxylic acids is 1. The first-order valence-electron chi connectivity index (χ1n) is 7.47. The highest BCUT2D eigenvalue weighted by Gasteiger charge is 2.33. The van der Waals surface area contributed by atoms with Crippen molar-refractivity contribution in [3.8, 4) is 5.75 Å². The first-order valence-corrected chi connectivity index (χ1v) is 7.47. The largest absolute Gasteiger partial charge is 0.496 e. The van der Waals surface area contributed by atoms with Crippen LogP contribution in [0.4, 0.5) is 0 Å². The monoisotopic (exact) mass is 275 g/mol. The molecule has 1 N–H and O–H groups in total. The molecule has 0 unspecified atom stereocenters. The molecule has 1 aliphatic carbocycles. The summed E-state index contributed by atoms with van der Waals surface area (Å²) in [4.78, 5) is 12.7. The second-order valence-electron chi connectivity index (χ2n) is 5.89. The number of hydrogen-bond donors (Lipinski definition) is 1. The Morgan fingerprint density at radius 2 is 2.00 bits per heavy atom. The lowest BCUT2D eigenvalue weighted by molar-refractivity contribution is 0.0912. The third kappa shape index (κ3) is 3.21. The molecule has 1 aliphatic rings. The van der Waals surface area contributed by atoms with Gasteiger partial charge in [-0.15, -0.1) is 0 Å². The predicted octanol–water partition coefficient (Wildman–Crippen LogP) is 3.50. The fourth-order valence-corrected chi connectivity index (χ4v) is 3.19. The van der Waals surface area contributed by atoms with E-state index in [-0.39, 0.29) is 11.3 Å². The van der Waals surface area contributed by atoms with Crippen molar-refractivity contribution in [1.82, 2.24) is 5.32 Å². The van der Waals surface area contributed by atoms with Crippen LogP contribution in [-0.2, 0) is 0 Å². The van der Waals surface area contributed by atoms with Crippen molar-refractivity contribution in [2.24, 2.45) is 0 Å². The van der Waals surface area contributed by atoms with Gasteiger partial charge in [-0.3, -0.25) is 4.79 Å². The topological polar surface area (TPSA) is 38.3 Å². The van der Waals surface area contributed by atoms with E-state index >= 15 is 0 Å². The second-order valence-corrected chi connectivity index (χ2v) is 5.89. The molecule has 3 nitrogen and oxygen atoms in total. The lowest BCUT2D eigenvalue weighted by Gasteiger charge is -2.36. The zero-order valence-electron chi connectivity index (χ0n) is 12.8. The molecule has 1 aromatic carbocycles. The molecule has 0 saturated heterocycles. The van der Waals surface area contributed by atoms with Crippen LogP contribution in [0.15, 0.2) is 18.2 Å². The maximum absolute atomic E-state index is 12.7. The smallest absolute Gasteiger partial charge is 0.168 e. The van der Waals surface area contributed by atoms with Crippen LogP contribution in [-0.4, -0.2) is 25.5 Å². The normalized spacial score (nSPS) is 17.8. The molecule has 2 rings (SSSR count). The average Bonchev–Trinajstić information content (AvgIpc) is 2.48. The van der Waals surface area contributed by atoms with Gasteiger partial charge in [-0.2, -0.15) is 0 Å². The van der Waals surface area contributed by atoms with E-state index < -0.39 is 0 Å². The van der Waals surface area contributed by atoms with Crippen LogP contribution in [0.5, 0.6) is 5.75 Å². The highest BCUT2D eigenvalue weighted by atomic mass is 16.5. The quantitative estimate of drug-likeness (QED) is 0.836. The molecule has 3 heteroatoms. The molecule has 0 atom stereocenters. The standard InChI is InChI=1S/C17H25NO2/c1-13-7-8-16(20-3)14(11-13)15(19)12-17(18-2)9-5-4-6-10-17/h7-8,11,18H,4-6,9-10,12H2,1-3H3. The molecule has 1 aromatic rings. The zero-order valence-corrected chi connectivity index (χ0v) is 12.8. The number of hydrogen-bond acceptors (Lipinski definition) is 3. The van der Waals surface area contributed by atoms with E-state index in [1.54, 1.807) is 7.11 Å². The van der Waals surface area contributed by atoms with Crippen LogP contribution >= 0.6 is 0 Å². The van der Waals surface area contributed by atoms with E-state index in [4.69, 9.17) is 4.74 Å². The molecular weight excluding hydrogens is 250 g/mol. The maximum Gasteiger partial charge on any atom is 0.168 e. The second kappa shape index (κ2) is 6.40. The summed E-state index contributed by atoms with van der Waals surface area (Å²) in [6.07, 6.45) is 6.43. The van der Waals surface area contributed by atoms with Gasteiger partial charge in [-0.1, -0.05) is 30.9 Å². The number of ketones is 1. The van der Waals surface area contributed by atoms with Crippen molar-refractivity contribution in [2.75, 3.05) is 14.2 Å². The Morgan fingerprint density at radius 1 is 1.30 bits per heavy atom. The summed E-state index contributed by atoms with van der Waals surface area (Å²) >= 11 is 0. The summed E-state index contributed by atoms with van der Waals surface area (Å²) in [6.45, 7) is 2.00. The first kappa shape index (κ1) is 15.0. The van der Waals surface area contributed by atoms with E-state index in [1.807, 2.05) is 32.2 Å². The Hall–Kier alpha value is -1.35. The Kier molecular flexibility index (Phi) is 4.81. The number of methoxy groups -OCH3 is 1. The fourth-order valence-electron chi connectivity index (χ4n) is 3.19. The number of carbonyl (C=O) groups is 1. The van der Waals surface area contributed by atoms with Gasteiger partial charge in [0.1, 0.15) is 5.75 Å². The van der Waals surface area contributed by atoms with Gasteiger partial charge in [-0.25, -0.2) is 0 Å². The minimum atomic E-state index is -0.0237. The number of nitrogens with one attached hydrogen (secondary N) is 1. The van der Waals surface area contributed by atoms with E-state index in [2.05, 4.69) is 5.32 Å². The molecule has 0 radical (unpaired) electrons. The summed E-state index contributed by atoms with van der Waals surface area (Å²) in [5.41, 5.74) is 1.79. The molecule has 0 aromatic heterocycles. The minimum Gasteiger partial charge on any atom is -0.496 e. The van der Waals surface area contributed by atoms with E-state index in [9.17, 15) is 4.79 Å². The summed E-state index contributed by atoms with van der Waals surface area (Å²) in [6, 6.07) is 5.80. The molecule has 20 heavy (non-hydrogen) atoms. The van der Waals surface area contributed by atoms with E-state index in [0.717, 1.165) is 18.4 Å². The third-order valence-corrected chi connectivity index (χ3v) is 4.50. The van der Waals surface area contributed by atoms with Gasteiger partial charge < -0.3 is 10.1 Å². The molecule has 0 heterocycles. The molecule has 0 spiro atoms. The van der Waals surface area contributed by atoms with E-state index in [0.29, 0.717) is 17.7 Å². The van der Waals surface area contributed by atoms with Crippen molar-refractivity contribution >= 4 is 5.78 Å². The van der Waals surface area contributed by atoms with Gasteiger partial charge >= 0.3 is 0 Å². The van der Waals surface area contributed by atoms with Crippen molar-refractivity contribution in [3.05, 3.63) is 29.3 Å². The molecule has 1 saturated carbocycles. The van der Waals surface area contributed by atoms with Gasteiger partial charge in [0.05, 0.1) is 12.7 Å². The number of Topliss-reactive ketones (excluding diaryl/α,β-unsaturated/α-hetero) is 1. The number of benzene rings is 1. The maximum atomic E-state index is 12.7. The van der Waals surface area contributed by atoms with Crippen LogP contribution in [0.25, 0.3) is 0 Å². The van der Waals surface area contributed by atoms with Gasteiger partial charge in [-0.05, 0) is 38.9 Å². The lowest BCUT2D eigenvalue weighted by Crippen LogP contribution is -2.46. The Balaban J connectivity index is 2.20. The van der Waals surface area contributed by atoms with Gasteiger partial charge in [0.2, 0.25) is 0 Å². The summed E-state index contributed by atoms with van der Waals surface area (Å²) in [7, 11) is 3.60. The van der Waals surface area contributed by atoms with Crippen molar-refractivity contribution < 1.29 is 9.53 Å². The average molecular weight is 275 g/mol. The minimum absolute atomic E-state index is 0.0237. The summed E-state index contributed by atoms with van der Waals surface area (Å²) in [5, 5.41) is 3.41. The molecule has 1 fully saturated rings. The zero-order chi connectivity index (χ0) is 14.6. The molecule has 0 bridgehead atoms. The Bertz CT molecular complexity index is 476. The highest BCUT2D eigenvalue weighted by Crippen LogP contribution is 2.33. The molecular formula is C17H25NO2. The highest BCUT2D eigenvalue weighted by molar-refractivity contribution is 5.99. The van der Waals surface area contributed by atoms with Crippen LogP contribution in [0.1, 0.15) is 54.4 Å².